The number of methoxy groups -OCH3 is 1. The number of terminal acetylenes is 2. The molecule has 0 radical (unpaired) electrons. The highest BCUT2D eigenvalue weighted by molar-refractivity contribution is 6.02. The lowest BCUT2D eigenvalue weighted by Crippen LogP contribution is -1.96. The van der Waals surface area contributed by atoms with Gasteiger partial charge in [-0.2, -0.15) is 0 Å². The molecule has 0 atom stereocenters. The smallest absolute Gasteiger partial charge is 0.182 e. The van der Waals surface area contributed by atoms with Crippen LogP contribution in [0.25, 0.3) is 12.2 Å². The van der Waals surface area contributed by atoms with Crippen LogP contribution in [0.1, 0.15) is 11.1 Å². The summed E-state index contributed by atoms with van der Waals surface area (Å²) in [7, 11) is 1.52. The van der Waals surface area contributed by atoms with Gasteiger partial charge in [0, 0.05) is 6.08 Å². The molecule has 2 aromatic rings. The number of benzene rings is 2. The molecule has 0 aliphatic heterocycles. The van der Waals surface area contributed by atoms with E-state index in [-0.39, 0.29) is 24.8 Å². The Hall–Kier alpha value is -4.35. The molecule has 0 aromatic heterocycles. The Balaban J connectivity index is 1.98. The van der Waals surface area contributed by atoms with E-state index in [2.05, 4.69) is 11.8 Å². The zero-order valence-electron chi connectivity index (χ0n) is 17.1. The van der Waals surface area contributed by atoms with Gasteiger partial charge in [0.05, 0.1) is 7.11 Å². The van der Waals surface area contributed by atoms with Crippen LogP contribution >= 0.6 is 0 Å². The molecule has 5 nitrogen and oxygen atoms in total. The van der Waals surface area contributed by atoms with Crippen LogP contribution in [0, 0.1) is 24.7 Å². The van der Waals surface area contributed by atoms with E-state index in [1.807, 2.05) is 0 Å². The minimum absolute atomic E-state index is 0.133. The average molecular weight is 414 g/mol. The molecule has 5 heteroatoms. The van der Waals surface area contributed by atoms with Crippen molar-refractivity contribution in [2.24, 2.45) is 0 Å². The van der Waals surface area contributed by atoms with Crippen molar-refractivity contribution in [2.45, 2.75) is 0 Å². The normalized spacial score (nSPS) is 11.1. The zero-order valence-corrected chi connectivity index (χ0v) is 17.1. The number of hydrogen-bond donors (Lipinski definition) is 1. The monoisotopic (exact) mass is 414 g/mol. The largest absolute Gasteiger partial charge is 0.508 e. The summed E-state index contributed by atoms with van der Waals surface area (Å²) in [5.74, 6) is 5.92. The quantitative estimate of drug-likeness (QED) is 0.269. The lowest BCUT2D eigenvalue weighted by atomic mass is 10.1. The maximum atomic E-state index is 12.0. The number of rotatable bonds is 10. The molecular weight excluding hydrogens is 392 g/mol. The van der Waals surface area contributed by atoms with Gasteiger partial charge in [-0.1, -0.05) is 42.2 Å². The van der Waals surface area contributed by atoms with Crippen molar-refractivity contribution < 1.29 is 24.1 Å². The van der Waals surface area contributed by atoms with Crippen LogP contribution in [-0.4, -0.2) is 31.2 Å². The fraction of sp³-hybridized carbons (Fsp3) is 0.115. The lowest BCUT2D eigenvalue weighted by Gasteiger charge is -2.09. The van der Waals surface area contributed by atoms with Gasteiger partial charge >= 0.3 is 0 Å². The number of hydrogen-bond acceptors (Lipinski definition) is 5. The third-order valence-electron chi connectivity index (χ3n) is 3.88. The van der Waals surface area contributed by atoms with Crippen LogP contribution in [-0.2, 0) is 4.79 Å². The van der Waals surface area contributed by atoms with Crippen LogP contribution in [0.5, 0.6) is 17.2 Å². The average Bonchev–Trinajstić information content (AvgIpc) is 2.79. The van der Waals surface area contributed by atoms with Gasteiger partial charge in [-0.15, -0.1) is 12.8 Å². The van der Waals surface area contributed by atoms with Crippen LogP contribution < -0.4 is 14.2 Å². The number of aliphatic hydroxyl groups is 1. The standard InChI is InChI=1S/C26H22O5/c1-4-16-30-24-13-8-20(9-14-24)6-11-22(27)19-23(28)12-7-21-10-15-25(31-17-5-2)26(18-21)29-3/h1-2,6-15,18-19,28H,16-17H2,3H3/b11-6+,12-7+,23-19-. The van der Waals surface area contributed by atoms with Gasteiger partial charge in [0.25, 0.3) is 0 Å². The van der Waals surface area contributed by atoms with Gasteiger partial charge in [-0.25, -0.2) is 0 Å². The first-order valence-electron chi connectivity index (χ1n) is 9.27. The molecule has 0 aliphatic rings. The molecule has 0 bridgehead atoms. The Labute approximate surface area is 182 Å². The van der Waals surface area contributed by atoms with Gasteiger partial charge < -0.3 is 19.3 Å². The molecule has 2 rings (SSSR count). The van der Waals surface area contributed by atoms with Crippen LogP contribution in [0.4, 0.5) is 0 Å². The number of carbonyl (C=O) groups is 1. The molecule has 0 saturated heterocycles. The maximum Gasteiger partial charge on any atom is 0.182 e. The number of ether oxygens (including phenoxy) is 3. The maximum absolute atomic E-state index is 12.0. The van der Waals surface area contributed by atoms with Crippen LogP contribution in [0.2, 0.25) is 0 Å². The number of allylic oxidation sites excluding steroid dienone is 3. The second-order valence-corrected chi connectivity index (χ2v) is 6.10. The van der Waals surface area contributed by atoms with Crippen LogP contribution in [0.3, 0.4) is 0 Å². The summed E-state index contributed by atoms with van der Waals surface area (Å²) in [6.45, 7) is 0.329. The second kappa shape index (κ2) is 12.3. The molecule has 0 amide bonds. The Bertz CT molecular complexity index is 1060. The Morgan fingerprint density at radius 3 is 2.26 bits per heavy atom. The van der Waals surface area contributed by atoms with Crippen molar-refractivity contribution in [1.82, 2.24) is 0 Å². The molecular formula is C26H22O5. The van der Waals surface area contributed by atoms with Gasteiger partial charge in [-0.3, -0.25) is 4.79 Å². The van der Waals surface area contributed by atoms with E-state index in [9.17, 15) is 9.90 Å². The van der Waals surface area contributed by atoms with E-state index in [0.29, 0.717) is 17.2 Å². The third kappa shape index (κ3) is 7.89. The fourth-order valence-corrected chi connectivity index (χ4v) is 2.43. The lowest BCUT2D eigenvalue weighted by molar-refractivity contribution is -0.110. The van der Waals surface area contributed by atoms with E-state index >= 15 is 0 Å². The van der Waals surface area contributed by atoms with Crippen molar-refractivity contribution in [3.63, 3.8) is 0 Å². The van der Waals surface area contributed by atoms with Crippen LogP contribution in [0.15, 0.2) is 66.5 Å². The summed E-state index contributed by atoms with van der Waals surface area (Å²) < 4.78 is 15.9. The van der Waals surface area contributed by atoms with E-state index in [4.69, 9.17) is 27.1 Å². The zero-order chi connectivity index (χ0) is 22.5. The second-order valence-electron chi connectivity index (χ2n) is 6.10. The summed E-state index contributed by atoms with van der Waals surface area (Å²) in [4.78, 5) is 12.0. The van der Waals surface area contributed by atoms with Gasteiger partial charge in [0.15, 0.2) is 17.3 Å². The summed E-state index contributed by atoms with van der Waals surface area (Å²) in [5, 5.41) is 10.0. The van der Waals surface area contributed by atoms with Gasteiger partial charge in [-0.05, 0) is 47.5 Å². The highest BCUT2D eigenvalue weighted by atomic mass is 16.5. The molecule has 2 aromatic carbocycles. The summed E-state index contributed by atoms with van der Waals surface area (Å²) >= 11 is 0. The molecule has 1 N–H and O–H groups in total. The predicted octanol–water partition coefficient (Wildman–Crippen LogP) is 4.46. The van der Waals surface area contributed by atoms with E-state index < -0.39 is 0 Å². The molecule has 0 heterocycles. The molecule has 0 spiro atoms. The topological polar surface area (TPSA) is 65.0 Å². The Kier molecular flexibility index (Phi) is 9.07. The predicted molar refractivity (Wildman–Crippen MR) is 122 cm³/mol. The molecule has 0 fully saturated rings. The molecule has 0 aliphatic carbocycles. The van der Waals surface area contributed by atoms with Crippen molar-refractivity contribution in [2.75, 3.05) is 20.3 Å². The Morgan fingerprint density at radius 2 is 1.58 bits per heavy atom. The van der Waals surface area contributed by atoms with Crippen molar-refractivity contribution in [3.05, 3.63) is 77.6 Å². The molecule has 31 heavy (non-hydrogen) atoms. The molecule has 0 saturated carbocycles. The minimum Gasteiger partial charge on any atom is -0.508 e. The Morgan fingerprint density at radius 1 is 0.935 bits per heavy atom. The minimum atomic E-state index is -0.356. The SMILES string of the molecule is C#CCOc1ccc(/C=C/C(=O)/C=C(O)/C=C/c2ccc(OCC#C)c(OC)c2)cc1. The number of ketones is 1. The van der Waals surface area contributed by atoms with Crippen molar-refractivity contribution in [3.8, 4) is 41.9 Å². The van der Waals surface area contributed by atoms with Gasteiger partial charge in [0.2, 0.25) is 0 Å². The number of aliphatic hydroxyl groups excluding tert-OH is 1. The molecule has 0 unspecified atom stereocenters. The third-order valence-corrected chi connectivity index (χ3v) is 3.88. The van der Waals surface area contributed by atoms with E-state index in [1.54, 1.807) is 54.6 Å². The number of carbonyl (C=O) groups excluding carboxylic acids is 1. The van der Waals surface area contributed by atoms with E-state index in [0.717, 1.165) is 17.2 Å². The highest BCUT2D eigenvalue weighted by Gasteiger charge is 2.04. The van der Waals surface area contributed by atoms with Crippen molar-refractivity contribution in [1.29, 1.82) is 0 Å². The highest BCUT2D eigenvalue weighted by Crippen LogP contribution is 2.28. The fourth-order valence-electron chi connectivity index (χ4n) is 2.43. The summed E-state index contributed by atoms with van der Waals surface area (Å²) in [6.07, 6.45) is 17.5. The van der Waals surface area contributed by atoms with Crippen molar-refractivity contribution >= 4 is 17.9 Å². The summed E-state index contributed by atoms with van der Waals surface area (Å²) in [6, 6.07) is 12.3. The van der Waals surface area contributed by atoms with E-state index in [1.165, 1.54) is 19.3 Å². The first-order chi connectivity index (χ1) is 15.0. The first-order valence-corrected chi connectivity index (χ1v) is 9.27. The first kappa shape index (κ1) is 22.9. The molecule has 156 valence electrons. The summed E-state index contributed by atoms with van der Waals surface area (Å²) in [5.41, 5.74) is 1.56. The van der Waals surface area contributed by atoms with Gasteiger partial charge in [0.1, 0.15) is 24.7 Å².